The molecule has 2 fully saturated rings. The summed E-state index contributed by atoms with van der Waals surface area (Å²) in [5.41, 5.74) is 3.23. The Kier molecular flexibility index (Phi) is 2.16. The van der Waals surface area contributed by atoms with Crippen molar-refractivity contribution in [1.82, 2.24) is 0 Å². The minimum Gasteiger partial charge on any atom is -0.385 e. The van der Waals surface area contributed by atoms with E-state index < -0.39 is 5.60 Å². The Bertz CT molecular complexity index is 389. The summed E-state index contributed by atoms with van der Waals surface area (Å²) in [6, 6.07) is 6.52. The first kappa shape index (κ1) is 10.3. The van der Waals surface area contributed by atoms with Crippen molar-refractivity contribution in [3.8, 4) is 0 Å². The SMILES string of the molecule is Cc1cc(C)cc(C2(O)C3CCCCC32)c1. The number of hydrogen-bond donors (Lipinski definition) is 1. The zero-order valence-electron chi connectivity index (χ0n) is 10.2. The lowest BCUT2D eigenvalue weighted by atomic mass is 9.99. The fourth-order valence-electron chi connectivity index (χ4n) is 3.73. The number of hydrogen-bond acceptors (Lipinski definition) is 1. The van der Waals surface area contributed by atoms with E-state index >= 15 is 0 Å². The second-order valence-corrected chi connectivity index (χ2v) is 5.70. The molecule has 86 valence electrons. The first-order valence-corrected chi connectivity index (χ1v) is 6.43. The van der Waals surface area contributed by atoms with Gasteiger partial charge in [-0.15, -0.1) is 0 Å². The summed E-state index contributed by atoms with van der Waals surface area (Å²) in [6.07, 6.45) is 5.03. The van der Waals surface area contributed by atoms with E-state index in [1.807, 2.05) is 0 Å². The van der Waals surface area contributed by atoms with E-state index in [0.717, 1.165) is 0 Å². The first-order valence-electron chi connectivity index (χ1n) is 6.43. The van der Waals surface area contributed by atoms with E-state index in [0.29, 0.717) is 11.8 Å². The molecule has 16 heavy (non-hydrogen) atoms. The standard InChI is InChI=1S/C15H20O/c1-10-7-11(2)9-12(8-10)15(16)13-5-3-4-6-14(13)15/h7-9,13-14,16H,3-6H2,1-2H3. The smallest absolute Gasteiger partial charge is 0.0960 e. The molecule has 0 aromatic heterocycles. The van der Waals surface area contributed by atoms with Crippen LogP contribution in [0.1, 0.15) is 42.4 Å². The molecule has 2 aliphatic carbocycles. The van der Waals surface area contributed by atoms with Crippen LogP contribution in [0.25, 0.3) is 0 Å². The Morgan fingerprint density at radius 2 is 1.50 bits per heavy atom. The predicted octanol–water partition coefficient (Wildman–Crippen LogP) is 3.31. The fourth-order valence-corrected chi connectivity index (χ4v) is 3.73. The third kappa shape index (κ3) is 1.34. The maximum Gasteiger partial charge on any atom is 0.0960 e. The van der Waals surface area contributed by atoms with Gasteiger partial charge in [0.15, 0.2) is 0 Å². The van der Waals surface area contributed by atoms with Crippen molar-refractivity contribution in [3.63, 3.8) is 0 Å². The van der Waals surface area contributed by atoms with Crippen LogP contribution in [0.2, 0.25) is 0 Å². The van der Waals surface area contributed by atoms with Crippen molar-refractivity contribution in [1.29, 1.82) is 0 Å². The number of rotatable bonds is 1. The van der Waals surface area contributed by atoms with E-state index in [9.17, 15) is 5.11 Å². The van der Waals surface area contributed by atoms with Crippen LogP contribution in [0.3, 0.4) is 0 Å². The molecule has 0 bridgehead atoms. The predicted molar refractivity (Wildman–Crippen MR) is 65.3 cm³/mol. The number of aryl methyl sites for hydroxylation is 2. The molecule has 0 saturated heterocycles. The van der Waals surface area contributed by atoms with Crippen LogP contribution in [0, 0.1) is 25.7 Å². The minimum absolute atomic E-state index is 0.479. The molecule has 2 saturated carbocycles. The van der Waals surface area contributed by atoms with Gasteiger partial charge in [-0.3, -0.25) is 0 Å². The second-order valence-electron chi connectivity index (χ2n) is 5.70. The number of fused-ring (bicyclic) bond motifs is 1. The molecule has 1 aromatic carbocycles. The fraction of sp³-hybridized carbons (Fsp3) is 0.600. The number of aliphatic hydroxyl groups is 1. The van der Waals surface area contributed by atoms with Crippen molar-refractivity contribution in [2.75, 3.05) is 0 Å². The van der Waals surface area contributed by atoms with Crippen LogP contribution in [0.4, 0.5) is 0 Å². The maximum atomic E-state index is 10.8. The van der Waals surface area contributed by atoms with Gasteiger partial charge < -0.3 is 5.11 Å². The van der Waals surface area contributed by atoms with Crippen LogP contribution >= 0.6 is 0 Å². The van der Waals surface area contributed by atoms with Crippen LogP contribution < -0.4 is 0 Å². The van der Waals surface area contributed by atoms with Crippen molar-refractivity contribution < 1.29 is 5.11 Å². The molecule has 0 amide bonds. The molecular formula is C15H20O. The molecule has 3 rings (SSSR count). The van der Waals surface area contributed by atoms with E-state index in [1.54, 1.807) is 0 Å². The van der Waals surface area contributed by atoms with Gasteiger partial charge in [-0.25, -0.2) is 0 Å². The monoisotopic (exact) mass is 216 g/mol. The topological polar surface area (TPSA) is 20.2 Å². The largest absolute Gasteiger partial charge is 0.385 e. The average molecular weight is 216 g/mol. The van der Waals surface area contributed by atoms with E-state index in [-0.39, 0.29) is 0 Å². The Labute approximate surface area is 97.5 Å². The van der Waals surface area contributed by atoms with Gasteiger partial charge in [-0.1, -0.05) is 42.2 Å². The summed E-state index contributed by atoms with van der Waals surface area (Å²) in [4.78, 5) is 0. The third-order valence-corrected chi connectivity index (χ3v) is 4.47. The van der Waals surface area contributed by atoms with Crippen molar-refractivity contribution >= 4 is 0 Å². The van der Waals surface area contributed by atoms with Crippen LogP contribution in [0.5, 0.6) is 0 Å². The maximum absolute atomic E-state index is 10.8. The van der Waals surface area contributed by atoms with Gasteiger partial charge >= 0.3 is 0 Å². The first-order chi connectivity index (χ1) is 7.62. The highest BCUT2D eigenvalue weighted by Gasteiger charge is 2.64. The van der Waals surface area contributed by atoms with Gasteiger partial charge in [0.25, 0.3) is 0 Å². The quantitative estimate of drug-likeness (QED) is 0.763. The van der Waals surface area contributed by atoms with Crippen LogP contribution in [-0.4, -0.2) is 5.11 Å². The van der Waals surface area contributed by atoms with Gasteiger partial charge in [0.1, 0.15) is 0 Å². The molecule has 0 radical (unpaired) electrons. The summed E-state index contributed by atoms with van der Waals surface area (Å²) >= 11 is 0. The molecular weight excluding hydrogens is 196 g/mol. The summed E-state index contributed by atoms with van der Waals surface area (Å²) < 4.78 is 0. The van der Waals surface area contributed by atoms with Crippen molar-refractivity contribution in [3.05, 3.63) is 34.9 Å². The minimum atomic E-state index is -0.479. The second kappa shape index (κ2) is 3.33. The summed E-state index contributed by atoms with van der Waals surface area (Å²) in [5.74, 6) is 1.09. The zero-order valence-corrected chi connectivity index (χ0v) is 10.2. The highest BCUT2D eigenvalue weighted by Crippen LogP contribution is 2.64. The Hall–Kier alpha value is -0.820. The lowest BCUT2D eigenvalue weighted by Crippen LogP contribution is -2.10. The molecule has 1 N–H and O–H groups in total. The van der Waals surface area contributed by atoms with E-state index in [1.165, 1.54) is 42.4 Å². The van der Waals surface area contributed by atoms with Gasteiger partial charge in [0.2, 0.25) is 0 Å². The van der Waals surface area contributed by atoms with E-state index in [2.05, 4.69) is 32.0 Å². The van der Waals surface area contributed by atoms with Gasteiger partial charge in [-0.2, -0.15) is 0 Å². The Morgan fingerprint density at radius 1 is 1.00 bits per heavy atom. The molecule has 2 aliphatic rings. The summed E-state index contributed by atoms with van der Waals surface area (Å²) in [7, 11) is 0. The molecule has 1 heteroatoms. The molecule has 2 unspecified atom stereocenters. The Morgan fingerprint density at radius 3 is 2.00 bits per heavy atom. The molecule has 0 spiro atoms. The highest BCUT2D eigenvalue weighted by molar-refractivity contribution is 5.38. The third-order valence-electron chi connectivity index (χ3n) is 4.47. The zero-order chi connectivity index (χ0) is 11.3. The number of benzene rings is 1. The van der Waals surface area contributed by atoms with E-state index in [4.69, 9.17) is 0 Å². The average Bonchev–Trinajstić information content (AvgIpc) is 2.86. The van der Waals surface area contributed by atoms with Gasteiger partial charge in [0.05, 0.1) is 5.60 Å². The lowest BCUT2D eigenvalue weighted by Gasteiger charge is -2.13. The highest BCUT2D eigenvalue weighted by atomic mass is 16.3. The lowest BCUT2D eigenvalue weighted by molar-refractivity contribution is 0.118. The normalized spacial score (nSPS) is 36.9. The molecule has 2 atom stereocenters. The van der Waals surface area contributed by atoms with Crippen LogP contribution in [0.15, 0.2) is 18.2 Å². The molecule has 0 heterocycles. The van der Waals surface area contributed by atoms with Crippen molar-refractivity contribution in [2.24, 2.45) is 11.8 Å². The van der Waals surface area contributed by atoms with Gasteiger partial charge in [0, 0.05) is 0 Å². The molecule has 0 aliphatic heterocycles. The Balaban J connectivity index is 1.98. The van der Waals surface area contributed by atoms with Gasteiger partial charge in [-0.05, 0) is 44.1 Å². The molecule has 1 nitrogen and oxygen atoms in total. The molecule has 1 aromatic rings. The van der Waals surface area contributed by atoms with Crippen LogP contribution in [-0.2, 0) is 5.60 Å². The van der Waals surface area contributed by atoms with Crippen molar-refractivity contribution in [2.45, 2.75) is 45.1 Å². The summed E-state index contributed by atoms with van der Waals surface area (Å²) in [6.45, 7) is 4.23. The summed E-state index contributed by atoms with van der Waals surface area (Å²) in [5, 5.41) is 10.8.